The molecule has 15 heavy (non-hydrogen) atoms. The van der Waals surface area contributed by atoms with Crippen LogP contribution < -0.4 is 0 Å². The van der Waals surface area contributed by atoms with Crippen molar-refractivity contribution in [3.8, 4) is 0 Å². The normalized spacial score (nSPS) is 15.3. The summed E-state index contributed by atoms with van der Waals surface area (Å²) in [6, 6.07) is 7.50. The highest BCUT2D eigenvalue weighted by atomic mass is 35.5. The minimum atomic E-state index is -0.0148. The van der Waals surface area contributed by atoms with Crippen molar-refractivity contribution in [2.45, 2.75) is 13.3 Å². The minimum absolute atomic E-state index is 0.0148. The Bertz CT molecular complexity index is 411. The number of hydrogen-bond donors (Lipinski definition) is 0. The van der Waals surface area contributed by atoms with E-state index in [1.165, 1.54) is 11.9 Å². The van der Waals surface area contributed by atoms with E-state index >= 15 is 0 Å². The number of rotatable bonds is 1. The Morgan fingerprint density at radius 1 is 1.40 bits per heavy atom. The molecule has 0 saturated carbocycles. The molecule has 0 radical (unpaired) electrons. The van der Waals surface area contributed by atoms with Gasteiger partial charge in [-0.1, -0.05) is 23.7 Å². The molecule has 3 nitrogen and oxygen atoms in total. The number of carbonyl (C=O) groups is 1. The summed E-state index contributed by atoms with van der Waals surface area (Å²) in [5.41, 5.74) is 1.98. The van der Waals surface area contributed by atoms with Crippen LogP contribution in [0.2, 0.25) is 5.02 Å². The third kappa shape index (κ3) is 2.18. The Morgan fingerprint density at radius 2 is 2.07 bits per heavy atom. The summed E-state index contributed by atoms with van der Waals surface area (Å²) >= 11 is 5.79. The number of amides is 1. The quantitative estimate of drug-likeness (QED) is 0.718. The van der Waals surface area contributed by atoms with Gasteiger partial charge in [-0.25, -0.2) is 5.01 Å². The maximum absolute atomic E-state index is 11.1. The maximum Gasteiger partial charge on any atom is 0.239 e. The highest BCUT2D eigenvalue weighted by Crippen LogP contribution is 2.16. The van der Waals surface area contributed by atoms with Gasteiger partial charge in [0.25, 0.3) is 0 Å². The van der Waals surface area contributed by atoms with E-state index in [1.807, 2.05) is 24.3 Å². The van der Waals surface area contributed by atoms with E-state index in [0.29, 0.717) is 11.6 Å². The molecule has 1 aromatic rings. The minimum Gasteiger partial charge on any atom is -0.273 e. The van der Waals surface area contributed by atoms with E-state index < -0.39 is 0 Å². The first-order valence-electron chi connectivity index (χ1n) is 4.78. The number of hydrogen-bond acceptors (Lipinski definition) is 2. The molecule has 0 aliphatic carbocycles. The Labute approximate surface area is 93.3 Å². The molecule has 1 aromatic carbocycles. The molecule has 0 unspecified atom stereocenters. The molecule has 1 heterocycles. The van der Waals surface area contributed by atoms with Gasteiger partial charge in [-0.2, -0.15) is 5.10 Å². The summed E-state index contributed by atoms with van der Waals surface area (Å²) in [4.78, 5) is 11.1. The number of benzene rings is 1. The Hall–Kier alpha value is -1.35. The maximum atomic E-state index is 11.1. The topological polar surface area (TPSA) is 32.7 Å². The number of carbonyl (C=O) groups excluding carboxylic acids is 1. The van der Waals surface area contributed by atoms with E-state index in [2.05, 4.69) is 5.10 Å². The van der Waals surface area contributed by atoms with Gasteiger partial charge in [0, 0.05) is 18.4 Å². The molecule has 0 bridgehead atoms. The molecule has 0 aromatic heterocycles. The molecule has 0 spiro atoms. The van der Waals surface area contributed by atoms with Crippen LogP contribution in [0.1, 0.15) is 18.9 Å². The van der Waals surface area contributed by atoms with Gasteiger partial charge in [0.2, 0.25) is 5.91 Å². The molecule has 2 rings (SSSR count). The zero-order valence-corrected chi connectivity index (χ0v) is 9.16. The number of nitrogens with zero attached hydrogens (tertiary/aromatic N) is 2. The van der Waals surface area contributed by atoms with Gasteiger partial charge in [-0.3, -0.25) is 4.79 Å². The van der Waals surface area contributed by atoms with Gasteiger partial charge >= 0.3 is 0 Å². The molecular weight excluding hydrogens is 212 g/mol. The van der Waals surface area contributed by atoms with Gasteiger partial charge in [-0.05, 0) is 17.7 Å². The van der Waals surface area contributed by atoms with Gasteiger partial charge in [0.1, 0.15) is 0 Å². The molecular formula is C11H11ClN2O. The van der Waals surface area contributed by atoms with Crippen molar-refractivity contribution in [2.75, 3.05) is 6.54 Å². The van der Waals surface area contributed by atoms with Crippen molar-refractivity contribution in [3.05, 3.63) is 34.9 Å². The SMILES string of the molecule is CC(=O)N1CCC(c2ccc(Cl)cc2)=N1. The Kier molecular flexibility index (Phi) is 2.73. The summed E-state index contributed by atoms with van der Waals surface area (Å²) in [6.45, 7) is 2.20. The number of halogens is 1. The second-order valence-electron chi connectivity index (χ2n) is 3.45. The van der Waals surface area contributed by atoms with E-state index in [0.717, 1.165) is 17.7 Å². The van der Waals surface area contributed by atoms with E-state index in [9.17, 15) is 4.79 Å². The first-order chi connectivity index (χ1) is 7.16. The van der Waals surface area contributed by atoms with E-state index in [-0.39, 0.29) is 5.91 Å². The van der Waals surface area contributed by atoms with Crippen molar-refractivity contribution < 1.29 is 4.79 Å². The van der Waals surface area contributed by atoms with Crippen LogP contribution in [0.15, 0.2) is 29.4 Å². The molecule has 0 atom stereocenters. The molecule has 0 saturated heterocycles. The second-order valence-corrected chi connectivity index (χ2v) is 3.88. The molecule has 0 fully saturated rings. The van der Waals surface area contributed by atoms with Crippen LogP contribution in [-0.4, -0.2) is 23.2 Å². The monoisotopic (exact) mass is 222 g/mol. The van der Waals surface area contributed by atoms with E-state index in [1.54, 1.807) is 0 Å². The lowest BCUT2D eigenvalue weighted by atomic mass is 10.1. The van der Waals surface area contributed by atoms with Gasteiger partial charge < -0.3 is 0 Å². The first kappa shape index (κ1) is 10.2. The van der Waals surface area contributed by atoms with Crippen LogP contribution >= 0.6 is 11.6 Å². The fourth-order valence-electron chi connectivity index (χ4n) is 1.53. The average molecular weight is 223 g/mol. The zero-order chi connectivity index (χ0) is 10.8. The lowest BCUT2D eigenvalue weighted by Crippen LogP contribution is -2.19. The van der Waals surface area contributed by atoms with Crippen LogP contribution in [0.5, 0.6) is 0 Å². The Morgan fingerprint density at radius 3 is 2.60 bits per heavy atom. The summed E-state index contributed by atoms with van der Waals surface area (Å²) in [6.07, 6.45) is 0.807. The predicted octanol–water partition coefficient (Wildman–Crippen LogP) is 2.30. The first-order valence-corrected chi connectivity index (χ1v) is 5.16. The fourth-order valence-corrected chi connectivity index (χ4v) is 1.66. The van der Waals surface area contributed by atoms with Crippen LogP contribution in [-0.2, 0) is 4.79 Å². The van der Waals surface area contributed by atoms with Crippen molar-refractivity contribution in [1.29, 1.82) is 0 Å². The van der Waals surface area contributed by atoms with Crippen LogP contribution in [0.25, 0.3) is 0 Å². The molecule has 1 amide bonds. The predicted molar refractivity (Wildman–Crippen MR) is 60.0 cm³/mol. The van der Waals surface area contributed by atoms with E-state index in [4.69, 9.17) is 11.6 Å². The zero-order valence-electron chi connectivity index (χ0n) is 8.40. The molecule has 0 N–H and O–H groups in total. The largest absolute Gasteiger partial charge is 0.273 e. The molecule has 1 aliphatic rings. The molecule has 4 heteroatoms. The summed E-state index contributed by atoms with van der Waals surface area (Å²) in [7, 11) is 0. The molecule has 1 aliphatic heterocycles. The standard InChI is InChI=1S/C11H11ClN2O/c1-8(15)14-7-6-11(13-14)9-2-4-10(12)5-3-9/h2-5H,6-7H2,1H3. The highest BCUT2D eigenvalue weighted by Gasteiger charge is 2.18. The smallest absolute Gasteiger partial charge is 0.239 e. The lowest BCUT2D eigenvalue weighted by molar-refractivity contribution is -0.128. The van der Waals surface area contributed by atoms with Crippen molar-refractivity contribution in [2.24, 2.45) is 5.10 Å². The van der Waals surface area contributed by atoms with Crippen LogP contribution in [0.4, 0.5) is 0 Å². The van der Waals surface area contributed by atoms with Crippen molar-refractivity contribution >= 4 is 23.2 Å². The third-order valence-electron chi connectivity index (χ3n) is 2.34. The fraction of sp³-hybridized carbons (Fsp3) is 0.273. The third-order valence-corrected chi connectivity index (χ3v) is 2.59. The molecule has 78 valence electrons. The van der Waals surface area contributed by atoms with Gasteiger partial charge in [-0.15, -0.1) is 0 Å². The van der Waals surface area contributed by atoms with Crippen molar-refractivity contribution in [3.63, 3.8) is 0 Å². The van der Waals surface area contributed by atoms with Crippen molar-refractivity contribution in [1.82, 2.24) is 5.01 Å². The summed E-state index contributed by atoms with van der Waals surface area (Å²) < 4.78 is 0. The summed E-state index contributed by atoms with van der Waals surface area (Å²) in [5, 5.41) is 6.44. The van der Waals surface area contributed by atoms with Gasteiger partial charge in [0.05, 0.1) is 12.3 Å². The second kappa shape index (κ2) is 4.03. The van der Waals surface area contributed by atoms with Gasteiger partial charge in [0.15, 0.2) is 0 Å². The highest BCUT2D eigenvalue weighted by molar-refractivity contribution is 6.30. The van der Waals surface area contributed by atoms with Crippen LogP contribution in [0, 0.1) is 0 Å². The average Bonchev–Trinajstić information content (AvgIpc) is 2.68. The number of hydrazone groups is 1. The Balaban J connectivity index is 2.22. The summed E-state index contributed by atoms with van der Waals surface area (Å²) in [5.74, 6) is -0.0148. The lowest BCUT2D eigenvalue weighted by Gasteiger charge is -2.05. The van der Waals surface area contributed by atoms with Crippen LogP contribution in [0.3, 0.4) is 0 Å².